The molecule has 3 aromatic rings. The molecule has 1 heterocycles. The maximum atomic E-state index is 13.5. The standard InChI is InChI=1S/C26H29F2N3O5/c1-2-12-33-14-16-35-18-19-36-17-15-34-13-11-31-20-25(29-30-31)26(32,21-3-7-23(27)8-4-21)22-5-9-24(28)10-6-22/h1,3-10,20,32H,11-19H2. The van der Waals surface area contributed by atoms with Gasteiger partial charge in [0.2, 0.25) is 0 Å². The first kappa shape index (κ1) is 27.4. The number of halogens is 2. The summed E-state index contributed by atoms with van der Waals surface area (Å²) in [5, 5.41) is 19.9. The van der Waals surface area contributed by atoms with E-state index in [4.69, 9.17) is 25.4 Å². The number of benzene rings is 2. The molecule has 0 saturated carbocycles. The van der Waals surface area contributed by atoms with Gasteiger partial charge < -0.3 is 24.1 Å². The number of terminal acetylenes is 1. The quantitative estimate of drug-likeness (QED) is 0.238. The Hall–Kier alpha value is -3.20. The van der Waals surface area contributed by atoms with Gasteiger partial charge in [-0.3, -0.25) is 0 Å². The summed E-state index contributed by atoms with van der Waals surface area (Å²) in [5.74, 6) is 1.50. The lowest BCUT2D eigenvalue weighted by atomic mass is 9.84. The molecule has 10 heteroatoms. The SMILES string of the molecule is C#CCOCCOCCOCCOCCn1cc(C(O)(c2ccc(F)cc2)c2ccc(F)cc2)nn1. The van der Waals surface area contributed by atoms with Crippen LogP contribution < -0.4 is 0 Å². The van der Waals surface area contributed by atoms with Crippen molar-refractivity contribution in [2.24, 2.45) is 0 Å². The molecule has 0 amide bonds. The van der Waals surface area contributed by atoms with Gasteiger partial charge in [-0.05, 0) is 35.4 Å². The average molecular weight is 502 g/mol. The fourth-order valence-corrected chi connectivity index (χ4v) is 3.37. The van der Waals surface area contributed by atoms with Crippen LogP contribution in [0.2, 0.25) is 0 Å². The zero-order valence-electron chi connectivity index (χ0n) is 19.8. The largest absolute Gasteiger partial charge is 0.377 e. The fraction of sp³-hybridized carbons (Fsp3) is 0.385. The number of hydrogen-bond acceptors (Lipinski definition) is 7. The summed E-state index contributed by atoms with van der Waals surface area (Å²) in [6, 6.07) is 10.8. The van der Waals surface area contributed by atoms with Crippen molar-refractivity contribution in [1.82, 2.24) is 15.0 Å². The van der Waals surface area contributed by atoms with Crippen molar-refractivity contribution < 1.29 is 32.8 Å². The molecule has 192 valence electrons. The molecule has 0 fully saturated rings. The maximum Gasteiger partial charge on any atom is 0.160 e. The van der Waals surface area contributed by atoms with E-state index in [1.165, 1.54) is 53.2 Å². The summed E-state index contributed by atoms with van der Waals surface area (Å²) >= 11 is 0. The normalized spacial score (nSPS) is 11.5. The third-order valence-electron chi connectivity index (χ3n) is 5.20. The van der Waals surface area contributed by atoms with Crippen molar-refractivity contribution in [2.75, 3.05) is 52.9 Å². The van der Waals surface area contributed by atoms with Crippen LogP contribution in [0.25, 0.3) is 0 Å². The third kappa shape index (κ3) is 7.91. The molecule has 3 rings (SSSR count). The summed E-state index contributed by atoms with van der Waals surface area (Å²) < 4.78 is 49.9. The minimum absolute atomic E-state index is 0.216. The van der Waals surface area contributed by atoms with Gasteiger partial charge in [0, 0.05) is 0 Å². The summed E-state index contributed by atoms with van der Waals surface area (Å²) in [7, 11) is 0. The topological polar surface area (TPSA) is 87.9 Å². The van der Waals surface area contributed by atoms with Gasteiger partial charge in [-0.15, -0.1) is 11.5 Å². The summed E-state index contributed by atoms with van der Waals surface area (Å²) in [5.41, 5.74) is -0.780. The van der Waals surface area contributed by atoms with Gasteiger partial charge in [-0.25, -0.2) is 13.5 Å². The van der Waals surface area contributed by atoms with Crippen LogP contribution in [0.4, 0.5) is 8.78 Å². The molecule has 0 unspecified atom stereocenters. The molecule has 0 aliphatic carbocycles. The minimum Gasteiger partial charge on any atom is -0.377 e. The van der Waals surface area contributed by atoms with Crippen molar-refractivity contribution in [3.63, 3.8) is 0 Å². The van der Waals surface area contributed by atoms with E-state index in [0.29, 0.717) is 63.9 Å². The number of hydrogen-bond donors (Lipinski definition) is 1. The minimum atomic E-state index is -1.75. The van der Waals surface area contributed by atoms with E-state index in [-0.39, 0.29) is 12.3 Å². The van der Waals surface area contributed by atoms with E-state index >= 15 is 0 Å². The molecule has 36 heavy (non-hydrogen) atoms. The van der Waals surface area contributed by atoms with Gasteiger partial charge in [0.05, 0.1) is 59.0 Å². The third-order valence-corrected chi connectivity index (χ3v) is 5.20. The van der Waals surface area contributed by atoms with Crippen molar-refractivity contribution in [1.29, 1.82) is 0 Å². The Labute approximate surface area is 208 Å². The number of rotatable bonds is 16. The van der Waals surface area contributed by atoms with E-state index < -0.39 is 17.2 Å². The Morgan fingerprint density at radius 3 is 1.75 bits per heavy atom. The van der Waals surface area contributed by atoms with Crippen LogP contribution >= 0.6 is 0 Å². The van der Waals surface area contributed by atoms with E-state index in [9.17, 15) is 13.9 Å². The molecule has 1 aromatic heterocycles. The lowest BCUT2D eigenvalue weighted by molar-refractivity contribution is 0.000195. The predicted molar refractivity (Wildman–Crippen MR) is 127 cm³/mol. The second kappa shape index (κ2) is 14.4. The maximum absolute atomic E-state index is 13.5. The van der Waals surface area contributed by atoms with Crippen LogP contribution in [0.5, 0.6) is 0 Å². The monoisotopic (exact) mass is 501 g/mol. The first-order valence-corrected chi connectivity index (χ1v) is 11.4. The van der Waals surface area contributed by atoms with Crippen LogP contribution in [-0.2, 0) is 31.1 Å². The molecule has 0 aliphatic heterocycles. The van der Waals surface area contributed by atoms with Gasteiger partial charge >= 0.3 is 0 Å². The zero-order valence-corrected chi connectivity index (χ0v) is 19.8. The first-order valence-electron chi connectivity index (χ1n) is 11.4. The van der Waals surface area contributed by atoms with Crippen molar-refractivity contribution in [2.45, 2.75) is 12.1 Å². The second-order valence-corrected chi connectivity index (χ2v) is 7.68. The zero-order chi connectivity index (χ0) is 25.6. The summed E-state index contributed by atoms with van der Waals surface area (Å²) in [6.07, 6.45) is 6.66. The van der Waals surface area contributed by atoms with Crippen LogP contribution in [0.15, 0.2) is 54.7 Å². The predicted octanol–water partition coefficient (Wildman–Crippen LogP) is 2.54. The highest BCUT2D eigenvalue weighted by Gasteiger charge is 2.37. The van der Waals surface area contributed by atoms with E-state index in [0.717, 1.165) is 0 Å². The highest BCUT2D eigenvalue weighted by atomic mass is 19.1. The lowest BCUT2D eigenvalue weighted by Crippen LogP contribution is -2.29. The van der Waals surface area contributed by atoms with Crippen LogP contribution in [0.1, 0.15) is 16.8 Å². The number of aliphatic hydroxyl groups is 1. The molecule has 0 saturated heterocycles. The van der Waals surface area contributed by atoms with Crippen molar-refractivity contribution >= 4 is 0 Å². The van der Waals surface area contributed by atoms with E-state index in [1.807, 2.05) is 0 Å². The van der Waals surface area contributed by atoms with Crippen molar-refractivity contribution in [3.05, 3.63) is 83.2 Å². The van der Waals surface area contributed by atoms with E-state index in [1.54, 1.807) is 6.20 Å². The van der Waals surface area contributed by atoms with Gasteiger partial charge in [-0.1, -0.05) is 35.4 Å². The number of nitrogens with zero attached hydrogens (tertiary/aromatic N) is 3. The molecular formula is C26H29F2N3O5. The highest BCUT2D eigenvalue weighted by Crippen LogP contribution is 2.35. The van der Waals surface area contributed by atoms with Crippen molar-refractivity contribution in [3.8, 4) is 12.3 Å². The number of ether oxygens (including phenoxy) is 4. The molecular weight excluding hydrogens is 472 g/mol. The Morgan fingerprint density at radius 1 is 0.778 bits per heavy atom. The molecule has 0 bridgehead atoms. The highest BCUT2D eigenvalue weighted by molar-refractivity contribution is 5.43. The first-order chi connectivity index (χ1) is 17.5. The van der Waals surface area contributed by atoms with Gasteiger partial charge in [0.15, 0.2) is 5.60 Å². The molecule has 0 atom stereocenters. The fourth-order valence-electron chi connectivity index (χ4n) is 3.37. The Kier molecular flexibility index (Phi) is 10.9. The van der Waals surface area contributed by atoms with E-state index in [2.05, 4.69) is 16.2 Å². The molecule has 0 spiro atoms. The molecule has 0 aliphatic rings. The molecule has 8 nitrogen and oxygen atoms in total. The lowest BCUT2D eigenvalue weighted by Gasteiger charge is -2.27. The Balaban J connectivity index is 1.46. The Bertz CT molecular complexity index is 1040. The summed E-state index contributed by atoms with van der Waals surface area (Å²) in [4.78, 5) is 0. The molecule has 0 radical (unpaired) electrons. The molecule has 2 aromatic carbocycles. The van der Waals surface area contributed by atoms with Gasteiger partial charge in [0.1, 0.15) is 23.9 Å². The summed E-state index contributed by atoms with van der Waals surface area (Å²) in [6.45, 7) is 3.61. The Morgan fingerprint density at radius 2 is 1.25 bits per heavy atom. The molecule has 1 N–H and O–H groups in total. The van der Waals surface area contributed by atoms with Gasteiger partial charge in [-0.2, -0.15) is 0 Å². The van der Waals surface area contributed by atoms with Crippen LogP contribution in [0, 0.1) is 24.0 Å². The number of aromatic nitrogens is 3. The smallest absolute Gasteiger partial charge is 0.160 e. The van der Waals surface area contributed by atoms with Gasteiger partial charge in [0.25, 0.3) is 0 Å². The van der Waals surface area contributed by atoms with Crippen LogP contribution in [-0.4, -0.2) is 73.0 Å². The second-order valence-electron chi connectivity index (χ2n) is 7.68. The average Bonchev–Trinajstić information content (AvgIpc) is 3.37. The van der Waals surface area contributed by atoms with Crippen LogP contribution in [0.3, 0.4) is 0 Å².